The predicted molar refractivity (Wildman–Crippen MR) is 167 cm³/mol. The second-order valence-electron chi connectivity index (χ2n) is 10.3. The minimum absolute atomic E-state index is 0.211. The van der Waals surface area contributed by atoms with Crippen molar-refractivity contribution in [2.45, 2.75) is 40.3 Å². The quantitative estimate of drug-likeness (QED) is 0.252. The highest BCUT2D eigenvalue weighted by atomic mass is 32.1. The standard InChI is InChI=1S/C34H34N2O6S/c1-7-41-33(38)30-22(4)35-34-36(31(30)24-9-11-26(39-5)12-10-24)32(37)29(43-34)18-23-8-13-28(40-6)25(17-23)19-42-27-15-20(2)14-21(3)16-27/h8-18,31H,7,19H2,1-6H3/t31-/m0/s1. The van der Waals surface area contributed by atoms with Crippen molar-refractivity contribution in [2.24, 2.45) is 4.99 Å². The molecule has 0 amide bonds. The smallest absolute Gasteiger partial charge is 0.338 e. The van der Waals surface area contributed by atoms with Gasteiger partial charge in [0.2, 0.25) is 0 Å². The zero-order valence-corrected chi connectivity index (χ0v) is 25.9. The molecular weight excluding hydrogens is 564 g/mol. The van der Waals surface area contributed by atoms with Crippen LogP contribution in [-0.4, -0.2) is 31.4 Å². The number of benzene rings is 3. The molecule has 4 aromatic rings. The van der Waals surface area contributed by atoms with E-state index in [0.29, 0.717) is 38.7 Å². The number of aryl methyl sites for hydroxylation is 2. The van der Waals surface area contributed by atoms with Crippen molar-refractivity contribution in [3.63, 3.8) is 0 Å². The fourth-order valence-corrected chi connectivity index (χ4v) is 6.27. The van der Waals surface area contributed by atoms with Crippen LogP contribution in [0.5, 0.6) is 17.2 Å². The molecule has 222 valence electrons. The fourth-order valence-electron chi connectivity index (χ4n) is 5.22. The Bertz CT molecular complexity index is 1870. The first-order valence-corrected chi connectivity index (χ1v) is 14.8. The molecule has 8 nitrogen and oxygen atoms in total. The van der Waals surface area contributed by atoms with Crippen molar-refractivity contribution in [1.82, 2.24) is 4.57 Å². The zero-order chi connectivity index (χ0) is 30.7. The van der Waals surface area contributed by atoms with Crippen LogP contribution >= 0.6 is 11.3 Å². The molecule has 1 aliphatic heterocycles. The Kier molecular flexibility index (Phi) is 8.82. The second-order valence-corrected chi connectivity index (χ2v) is 11.3. The molecule has 0 unspecified atom stereocenters. The van der Waals surface area contributed by atoms with Gasteiger partial charge in [-0.3, -0.25) is 9.36 Å². The van der Waals surface area contributed by atoms with E-state index in [9.17, 15) is 9.59 Å². The van der Waals surface area contributed by atoms with Gasteiger partial charge in [-0.15, -0.1) is 0 Å². The van der Waals surface area contributed by atoms with Crippen molar-refractivity contribution in [1.29, 1.82) is 0 Å². The summed E-state index contributed by atoms with van der Waals surface area (Å²) in [5.41, 5.74) is 5.26. The molecule has 0 spiro atoms. The van der Waals surface area contributed by atoms with Crippen LogP contribution in [0.4, 0.5) is 0 Å². The van der Waals surface area contributed by atoms with Crippen molar-refractivity contribution >= 4 is 23.4 Å². The molecule has 0 saturated heterocycles. The van der Waals surface area contributed by atoms with Crippen LogP contribution in [0.1, 0.15) is 47.7 Å². The molecule has 1 aliphatic rings. The van der Waals surface area contributed by atoms with Crippen LogP contribution < -0.4 is 29.1 Å². The van der Waals surface area contributed by atoms with Gasteiger partial charge in [-0.2, -0.15) is 0 Å². The van der Waals surface area contributed by atoms with Crippen molar-refractivity contribution < 1.29 is 23.7 Å². The summed E-state index contributed by atoms with van der Waals surface area (Å²) in [4.78, 5) is 32.3. The number of carbonyl (C=O) groups excluding carboxylic acids is 1. The minimum Gasteiger partial charge on any atom is -0.497 e. The molecule has 0 saturated carbocycles. The number of hydrogen-bond acceptors (Lipinski definition) is 8. The van der Waals surface area contributed by atoms with Gasteiger partial charge in [0.05, 0.1) is 42.7 Å². The molecule has 0 aliphatic carbocycles. The Balaban J connectivity index is 1.57. The van der Waals surface area contributed by atoms with E-state index in [0.717, 1.165) is 33.6 Å². The van der Waals surface area contributed by atoms with Crippen molar-refractivity contribution in [3.05, 3.63) is 119 Å². The molecule has 0 bridgehead atoms. The van der Waals surface area contributed by atoms with E-state index in [4.69, 9.17) is 18.9 Å². The number of carbonyl (C=O) groups is 1. The van der Waals surface area contributed by atoms with E-state index in [1.807, 2.05) is 74.5 Å². The number of esters is 1. The summed E-state index contributed by atoms with van der Waals surface area (Å²) in [5, 5.41) is 0. The highest BCUT2D eigenvalue weighted by Gasteiger charge is 2.33. The van der Waals surface area contributed by atoms with Gasteiger partial charge in [0, 0.05) is 5.56 Å². The SMILES string of the molecule is CCOC(=O)C1=C(C)N=c2sc(=Cc3ccc(OC)c(COc4cc(C)cc(C)c4)c3)c(=O)n2[C@H]1c1ccc(OC)cc1. The Morgan fingerprint density at radius 2 is 1.67 bits per heavy atom. The molecule has 0 radical (unpaired) electrons. The number of hydrogen-bond donors (Lipinski definition) is 0. The molecule has 0 N–H and O–H groups in total. The highest BCUT2D eigenvalue weighted by molar-refractivity contribution is 7.07. The molecular formula is C34H34N2O6S. The molecule has 9 heteroatoms. The number of aromatic nitrogens is 1. The second kappa shape index (κ2) is 12.7. The number of thiazole rings is 1. The van der Waals surface area contributed by atoms with E-state index in [-0.39, 0.29) is 12.2 Å². The van der Waals surface area contributed by atoms with Gasteiger partial charge < -0.3 is 18.9 Å². The van der Waals surface area contributed by atoms with Crippen LogP contribution in [0.15, 0.2) is 81.7 Å². The van der Waals surface area contributed by atoms with Gasteiger partial charge >= 0.3 is 5.97 Å². The lowest BCUT2D eigenvalue weighted by molar-refractivity contribution is -0.139. The summed E-state index contributed by atoms with van der Waals surface area (Å²) < 4.78 is 24.5. The zero-order valence-electron chi connectivity index (χ0n) is 25.1. The van der Waals surface area contributed by atoms with E-state index in [1.54, 1.807) is 32.6 Å². The molecule has 1 atom stereocenters. The topological polar surface area (TPSA) is 88.4 Å². The number of rotatable bonds is 9. The number of ether oxygens (including phenoxy) is 4. The first kappa shape index (κ1) is 29.8. The molecule has 0 fully saturated rings. The first-order chi connectivity index (χ1) is 20.7. The Labute approximate surface area is 254 Å². The normalized spacial score (nSPS) is 14.7. The number of nitrogens with zero attached hydrogens (tertiary/aromatic N) is 2. The molecule has 2 heterocycles. The summed E-state index contributed by atoms with van der Waals surface area (Å²) in [6, 6.07) is 18.4. The lowest BCUT2D eigenvalue weighted by atomic mass is 9.96. The lowest BCUT2D eigenvalue weighted by Gasteiger charge is -2.24. The number of allylic oxidation sites excluding steroid dienone is 1. The first-order valence-electron chi connectivity index (χ1n) is 13.9. The van der Waals surface area contributed by atoms with E-state index >= 15 is 0 Å². The van der Waals surface area contributed by atoms with Crippen LogP contribution in [0.25, 0.3) is 6.08 Å². The van der Waals surface area contributed by atoms with Gasteiger partial charge in [-0.05, 0) is 92.4 Å². The van der Waals surface area contributed by atoms with E-state index in [2.05, 4.69) is 11.1 Å². The van der Waals surface area contributed by atoms with Crippen LogP contribution in [0.3, 0.4) is 0 Å². The third-order valence-corrected chi connectivity index (χ3v) is 8.12. The Morgan fingerprint density at radius 3 is 2.33 bits per heavy atom. The molecule has 5 rings (SSSR count). The fraction of sp³-hybridized carbons (Fsp3) is 0.265. The van der Waals surface area contributed by atoms with Crippen LogP contribution in [0.2, 0.25) is 0 Å². The Morgan fingerprint density at radius 1 is 0.953 bits per heavy atom. The highest BCUT2D eigenvalue weighted by Crippen LogP contribution is 2.32. The summed E-state index contributed by atoms with van der Waals surface area (Å²) in [6.07, 6.45) is 1.83. The molecule has 3 aromatic carbocycles. The van der Waals surface area contributed by atoms with Crippen molar-refractivity contribution in [2.75, 3.05) is 20.8 Å². The number of methoxy groups -OCH3 is 2. The average Bonchev–Trinajstić information content (AvgIpc) is 3.28. The Hall–Kier alpha value is -4.63. The summed E-state index contributed by atoms with van der Waals surface area (Å²) >= 11 is 1.28. The van der Waals surface area contributed by atoms with Crippen LogP contribution in [0, 0.1) is 13.8 Å². The maximum absolute atomic E-state index is 14.0. The summed E-state index contributed by atoms with van der Waals surface area (Å²) in [5.74, 6) is 1.65. The predicted octanol–water partition coefficient (Wildman–Crippen LogP) is 5.01. The van der Waals surface area contributed by atoms with Gasteiger partial charge in [0.15, 0.2) is 4.80 Å². The summed E-state index contributed by atoms with van der Waals surface area (Å²) in [7, 11) is 3.21. The minimum atomic E-state index is -0.694. The maximum atomic E-state index is 14.0. The average molecular weight is 599 g/mol. The lowest BCUT2D eigenvalue weighted by Crippen LogP contribution is -2.39. The van der Waals surface area contributed by atoms with Gasteiger partial charge in [0.25, 0.3) is 5.56 Å². The van der Waals surface area contributed by atoms with Crippen molar-refractivity contribution in [3.8, 4) is 17.2 Å². The van der Waals surface area contributed by atoms with Gasteiger partial charge in [-0.25, -0.2) is 9.79 Å². The third-order valence-electron chi connectivity index (χ3n) is 7.14. The van der Waals surface area contributed by atoms with Gasteiger partial charge in [0.1, 0.15) is 23.9 Å². The maximum Gasteiger partial charge on any atom is 0.338 e. The summed E-state index contributed by atoms with van der Waals surface area (Å²) in [6.45, 7) is 8.10. The monoisotopic (exact) mass is 598 g/mol. The molecule has 1 aromatic heterocycles. The van der Waals surface area contributed by atoms with Gasteiger partial charge in [-0.1, -0.05) is 35.6 Å². The third kappa shape index (κ3) is 6.27. The van der Waals surface area contributed by atoms with Crippen LogP contribution in [-0.2, 0) is 16.1 Å². The van der Waals surface area contributed by atoms with E-state index in [1.165, 1.54) is 11.3 Å². The van der Waals surface area contributed by atoms with E-state index < -0.39 is 12.0 Å². The molecule has 43 heavy (non-hydrogen) atoms. The number of fused-ring (bicyclic) bond motifs is 1. The largest absolute Gasteiger partial charge is 0.497 e.